The minimum Gasteiger partial charge on any atom is -0.481 e. The molecular formula is C13H16BrN5O2. The molecule has 0 amide bonds. The van der Waals surface area contributed by atoms with Gasteiger partial charge in [-0.2, -0.15) is 5.21 Å². The summed E-state index contributed by atoms with van der Waals surface area (Å²) in [6.45, 7) is 1.96. The zero-order valence-corrected chi connectivity index (χ0v) is 13.1. The van der Waals surface area contributed by atoms with Crippen LogP contribution in [0.5, 0.6) is 0 Å². The molecule has 0 spiro atoms. The molecule has 0 saturated heterocycles. The van der Waals surface area contributed by atoms with Crippen molar-refractivity contribution in [2.24, 2.45) is 5.92 Å². The average molecular weight is 354 g/mol. The number of H-pyrrole nitrogens is 1. The quantitative estimate of drug-likeness (QED) is 0.739. The van der Waals surface area contributed by atoms with Gasteiger partial charge >= 0.3 is 5.97 Å². The molecule has 2 N–H and O–H groups in total. The van der Waals surface area contributed by atoms with Crippen LogP contribution < -0.4 is 0 Å². The molecule has 0 aliphatic carbocycles. The second-order valence-corrected chi connectivity index (χ2v) is 5.62. The fourth-order valence-corrected chi connectivity index (χ4v) is 2.56. The van der Waals surface area contributed by atoms with Crippen LogP contribution in [-0.2, 0) is 11.2 Å². The highest BCUT2D eigenvalue weighted by Gasteiger charge is 2.31. The van der Waals surface area contributed by atoms with Gasteiger partial charge in [-0.1, -0.05) is 24.6 Å². The van der Waals surface area contributed by atoms with Gasteiger partial charge in [0.2, 0.25) is 0 Å². The fourth-order valence-electron chi connectivity index (χ4n) is 2.33. The highest BCUT2D eigenvalue weighted by atomic mass is 79.9. The smallest absolute Gasteiger partial charge is 0.307 e. The van der Waals surface area contributed by atoms with E-state index in [1.165, 1.54) is 0 Å². The summed E-state index contributed by atoms with van der Waals surface area (Å²) >= 11 is 3.28. The molecule has 0 fully saturated rings. The summed E-state index contributed by atoms with van der Waals surface area (Å²) in [5, 5.41) is 23.4. The first-order valence-corrected chi connectivity index (χ1v) is 7.47. The topological polar surface area (TPSA) is 105 Å². The predicted octanol–water partition coefficient (Wildman–Crippen LogP) is 2.18. The number of nitrogens with zero attached hydrogens (tertiary/aromatic N) is 4. The van der Waals surface area contributed by atoms with Crippen LogP contribution >= 0.6 is 15.9 Å². The Hall–Kier alpha value is -1.83. The molecule has 0 aliphatic heterocycles. The number of hydrogen-bond donors (Lipinski definition) is 2. The van der Waals surface area contributed by atoms with E-state index in [9.17, 15) is 9.90 Å². The van der Waals surface area contributed by atoms with E-state index in [-0.39, 0.29) is 5.92 Å². The molecule has 112 valence electrons. The van der Waals surface area contributed by atoms with Crippen molar-refractivity contribution < 1.29 is 9.90 Å². The zero-order chi connectivity index (χ0) is 15.2. The molecule has 2 rings (SSSR count). The van der Waals surface area contributed by atoms with E-state index in [1.807, 2.05) is 19.1 Å². The van der Waals surface area contributed by atoms with Crippen molar-refractivity contribution in [3.05, 3.63) is 34.3 Å². The van der Waals surface area contributed by atoms with E-state index in [0.29, 0.717) is 18.7 Å². The number of aliphatic carboxylic acids is 1. The number of nitrogens with one attached hydrogen (secondary N) is 1. The molecule has 0 aliphatic rings. The monoisotopic (exact) mass is 353 g/mol. The molecule has 2 unspecified atom stereocenters. The second kappa shape index (κ2) is 7.26. The molecule has 21 heavy (non-hydrogen) atoms. The number of hydrogen-bond acceptors (Lipinski definition) is 5. The molecule has 2 atom stereocenters. The van der Waals surface area contributed by atoms with Gasteiger partial charge in [0.25, 0.3) is 0 Å². The molecule has 0 bridgehead atoms. The van der Waals surface area contributed by atoms with E-state index in [2.05, 4.69) is 41.5 Å². The number of aromatic nitrogens is 5. The Morgan fingerprint density at radius 2 is 2.29 bits per heavy atom. The number of pyridine rings is 1. The first-order valence-electron chi connectivity index (χ1n) is 6.68. The maximum atomic E-state index is 11.6. The van der Waals surface area contributed by atoms with Gasteiger partial charge in [-0.25, -0.2) is 4.98 Å². The molecule has 0 aromatic carbocycles. The normalized spacial score (nSPS) is 13.8. The first-order chi connectivity index (χ1) is 10.1. The highest BCUT2D eigenvalue weighted by molar-refractivity contribution is 9.10. The minimum absolute atomic E-state index is 0.329. The molecular weight excluding hydrogens is 338 g/mol. The lowest BCUT2D eigenvalue weighted by Crippen LogP contribution is -2.25. The van der Waals surface area contributed by atoms with Gasteiger partial charge < -0.3 is 5.11 Å². The number of carboxylic acids is 1. The van der Waals surface area contributed by atoms with E-state index >= 15 is 0 Å². The Balaban J connectivity index is 2.27. The largest absolute Gasteiger partial charge is 0.481 e. The van der Waals surface area contributed by atoms with Gasteiger partial charge in [-0.05, 0) is 40.4 Å². The van der Waals surface area contributed by atoms with Crippen LogP contribution in [0.4, 0.5) is 0 Å². The van der Waals surface area contributed by atoms with E-state index in [0.717, 1.165) is 16.6 Å². The van der Waals surface area contributed by atoms with Gasteiger partial charge in [-0.3, -0.25) is 4.79 Å². The van der Waals surface area contributed by atoms with Crippen LogP contribution in [0.25, 0.3) is 0 Å². The lowest BCUT2D eigenvalue weighted by Gasteiger charge is -2.20. The Morgan fingerprint density at radius 1 is 1.48 bits per heavy atom. The summed E-state index contributed by atoms with van der Waals surface area (Å²) in [5.74, 6) is -1.28. The average Bonchev–Trinajstić information content (AvgIpc) is 2.98. The van der Waals surface area contributed by atoms with Crippen LogP contribution in [0.1, 0.15) is 37.1 Å². The Labute approximate surface area is 130 Å². The number of aromatic amines is 1. The van der Waals surface area contributed by atoms with Crippen molar-refractivity contribution in [3.63, 3.8) is 0 Å². The van der Waals surface area contributed by atoms with Gasteiger partial charge in [0.1, 0.15) is 4.60 Å². The number of carboxylic acid groups (broad SMARTS) is 1. The Morgan fingerprint density at radius 3 is 2.81 bits per heavy atom. The van der Waals surface area contributed by atoms with Crippen LogP contribution in [-0.4, -0.2) is 36.7 Å². The third kappa shape index (κ3) is 4.07. The van der Waals surface area contributed by atoms with Crippen molar-refractivity contribution in [2.75, 3.05) is 0 Å². The lowest BCUT2D eigenvalue weighted by molar-refractivity contribution is -0.142. The molecule has 8 heteroatoms. The van der Waals surface area contributed by atoms with Crippen molar-refractivity contribution >= 4 is 21.9 Å². The van der Waals surface area contributed by atoms with Crippen LogP contribution in [0.3, 0.4) is 0 Å². The maximum absolute atomic E-state index is 11.6. The van der Waals surface area contributed by atoms with Crippen molar-refractivity contribution in [2.45, 2.75) is 32.1 Å². The number of tetrazole rings is 1. The predicted molar refractivity (Wildman–Crippen MR) is 78.6 cm³/mol. The number of rotatable bonds is 7. The molecule has 2 aromatic rings. The van der Waals surface area contributed by atoms with Gasteiger partial charge in [0.05, 0.1) is 5.92 Å². The molecule has 2 aromatic heterocycles. The zero-order valence-electron chi connectivity index (χ0n) is 11.5. The third-order valence-corrected chi connectivity index (χ3v) is 3.81. The number of carbonyl (C=O) groups is 1. The first kappa shape index (κ1) is 15.6. The lowest BCUT2D eigenvalue weighted by atomic mass is 9.83. The summed E-state index contributed by atoms with van der Waals surface area (Å²) in [5.41, 5.74) is 0.940. The minimum atomic E-state index is -0.836. The Kier molecular flexibility index (Phi) is 5.38. The van der Waals surface area contributed by atoms with Gasteiger partial charge in [-0.15, -0.1) is 10.2 Å². The summed E-state index contributed by atoms with van der Waals surface area (Å²) in [7, 11) is 0. The standard InChI is InChI=1S/C13H16BrN5O2/c1-2-3-9(13(20)21)10(12-16-18-19-17-12)6-8-4-5-11(14)15-7-8/h4-5,7,9-10H,2-3,6H2,1H3,(H,20,21)(H,16,17,18,19). The van der Waals surface area contributed by atoms with Crippen molar-refractivity contribution in [3.8, 4) is 0 Å². The maximum Gasteiger partial charge on any atom is 0.307 e. The number of halogens is 1. The van der Waals surface area contributed by atoms with Gasteiger partial charge in [0, 0.05) is 12.1 Å². The molecule has 2 heterocycles. The second-order valence-electron chi connectivity index (χ2n) is 4.80. The van der Waals surface area contributed by atoms with E-state index in [4.69, 9.17) is 0 Å². The van der Waals surface area contributed by atoms with E-state index < -0.39 is 11.9 Å². The SMILES string of the molecule is CCCC(C(=O)O)C(Cc1ccc(Br)nc1)c1nn[nH]n1. The third-order valence-electron chi connectivity index (χ3n) is 3.34. The Bertz CT molecular complexity index is 573. The van der Waals surface area contributed by atoms with E-state index in [1.54, 1.807) is 6.20 Å². The van der Waals surface area contributed by atoms with Crippen molar-refractivity contribution in [1.29, 1.82) is 0 Å². The molecule has 0 radical (unpaired) electrons. The fraction of sp³-hybridized carbons (Fsp3) is 0.462. The molecule has 7 nitrogen and oxygen atoms in total. The summed E-state index contributed by atoms with van der Waals surface area (Å²) in [6.07, 6.45) is 3.58. The summed E-state index contributed by atoms with van der Waals surface area (Å²) in [4.78, 5) is 15.7. The van der Waals surface area contributed by atoms with Crippen LogP contribution in [0.2, 0.25) is 0 Å². The van der Waals surface area contributed by atoms with Gasteiger partial charge in [0.15, 0.2) is 5.82 Å². The molecule has 0 saturated carbocycles. The highest BCUT2D eigenvalue weighted by Crippen LogP contribution is 2.29. The van der Waals surface area contributed by atoms with Crippen LogP contribution in [0.15, 0.2) is 22.9 Å². The summed E-state index contributed by atoms with van der Waals surface area (Å²) in [6, 6.07) is 3.74. The van der Waals surface area contributed by atoms with Crippen molar-refractivity contribution in [1.82, 2.24) is 25.6 Å². The summed E-state index contributed by atoms with van der Waals surface area (Å²) < 4.78 is 0.741. The van der Waals surface area contributed by atoms with Crippen LogP contribution in [0, 0.1) is 5.92 Å².